The maximum atomic E-state index is 13.8. The fraction of sp³-hybridized carbons (Fsp3) is 0.391. The minimum absolute atomic E-state index is 0.0745. The van der Waals surface area contributed by atoms with E-state index in [1.807, 2.05) is 23.6 Å². The van der Waals surface area contributed by atoms with Gasteiger partial charge in [0.15, 0.2) is 5.82 Å². The van der Waals surface area contributed by atoms with Crippen molar-refractivity contribution in [2.45, 2.75) is 20.0 Å². The van der Waals surface area contributed by atoms with Crippen molar-refractivity contribution in [2.75, 3.05) is 54.0 Å². The van der Waals surface area contributed by atoms with Crippen LogP contribution < -0.4 is 14.7 Å². The largest absolute Gasteiger partial charge is 0.419 e. The molecule has 0 unspecified atom stereocenters. The standard InChI is InChI=1S/C23H25F4N7/c1-3-32(4-2)21-29-19(16-7-5-8-17(24)15-16)30-22(31-21)34-13-11-33(12-14-34)20-18(23(25,26)27)9-6-10-28-20/h5-10,15H,3-4,11-14H2,1-2H3. The van der Waals surface area contributed by atoms with E-state index in [2.05, 4.69) is 19.9 Å². The molecule has 0 spiro atoms. The van der Waals surface area contributed by atoms with Gasteiger partial charge in [0.2, 0.25) is 11.9 Å². The van der Waals surface area contributed by atoms with Gasteiger partial charge in [0, 0.05) is 51.0 Å². The van der Waals surface area contributed by atoms with Crippen LogP contribution in [0.25, 0.3) is 11.4 Å². The highest BCUT2D eigenvalue weighted by atomic mass is 19.4. The first-order valence-corrected chi connectivity index (χ1v) is 11.1. The normalized spacial score (nSPS) is 14.4. The van der Waals surface area contributed by atoms with E-state index in [0.29, 0.717) is 62.6 Å². The molecule has 34 heavy (non-hydrogen) atoms. The van der Waals surface area contributed by atoms with E-state index in [4.69, 9.17) is 0 Å². The molecule has 180 valence electrons. The number of nitrogens with zero attached hydrogens (tertiary/aromatic N) is 7. The van der Waals surface area contributed by atoms with E-state index in [0.717, 1.165) is 6.07 Å². The number of benzene rings is 1. The van der Waals surface area contributed by atoms with Crippen LogP contribution in [0.5, 0.6) is 0 Å². The summed E-state index contributed by atoms with van der Waals surface area (Å²) in [6.07, 6.45) is -3.11. The molecular formula is C23H25F4N7. The number of halogens is 4. The van der Waals surface area contributed by atoms with Crippen molar-refractivity contribution in [3.63, 3.8) is 0 Å². The van der Waals surface area contributed by atoms with E-state index in [-0.39, 0.29) is 5.82 Å². The molecule has 0 bridgehead atoms. The average molecular weight is 475 g/mol. The Balaban J connectivity index is 1.62. The summed E-state index contributed by atoms with van der Waals surface area (Å²) in [7, 11) is 0. The lowest BCUT2D eigenvalue weighted by molar-refractivity contribution is -0.137. The number of piperazine rings is 1. The molecule has 1 aromatic carbocycles. The zero-order valence-corrected chi connectivity index (χ0v) is 18.9. The first-order valence-electron chi connectivity index (χ1n) is 11.1. The first-order chi connectivity index (χ1) is 16.3. The smallest absolute Gasteiger partial charge is 0.353 e. The summed E-state index contributed by atoms with van der Waals surface area (Å²) in [6, 6.07) is 8.37. The Morgan fingerprint density at radius 1 is 0.912 bits per heavy atom. The third-order valence-electron chi connectivity index (χ3n) is 5.70. The van der Waals surface area contributed by atoms with Gasteiger partial charge in [-0.3, -0.25) is 0 Å². The number of alkyl halides is 3. The Labute approximate surface area is 195 Å². The van der Waals surface area contributed by atoms with Crippen LogP contribution >= 0.6 is 0 Å². The highest BCUT2D eigenvalue weighted by molar-refractivity contribution is 5.59. The van der Waals surface area contributed by atoms with Gasteiger partial charge >= 0.3 is 6.18 Å². The predicted molar refractivity (Wildman–Crippen MR) is 122 cm³/mol. The molecule has 3 heterocycles. The molecule has 1 fully saturated rings. The number of anilines is 3. The predicted octanol–water partition coefficient (Wildman–Crippen LogP) is 4.26. The lowest BCUT2D eigenvalue weighted by Gasteiger charge is -2.36. The van der Waals surface area contributed by atoms with Crippen LogP contribution in [0.15, 0.2) is 42.6 Å². The van der Waals surface area contributed by atoms with E-state index in [1.165, 1.54) is 24.4 Å². The summed E-state index contributed by atoms with van der Waals surface area (Å²) < 4.78 is 54.1. The van der Waals surface area contributed by atoms with Crippen LogP contribution in [0.1, 0.15) is 19.4 Å². The third-order valence-corrected chi connectivity index (χ3v) is 5.70. The van der Waals surface area contributed by atoms with Crippen LogP contribution in [0.3, 0.4) is 0 Å². The topological polar surface area (TPSA) is 61.3 Å². The molecule has 2 aromatic heterocycles. The van der Waals surface area contributed by atoms with Crippen molar-refractivity contribution in [3.05, 3.63) is 54.0 Å². The van der Waals surface area contributed by atoms with Gasteiger partial charge in [0.1, 0.15) is 11.6 Å². The Hall–Kier alpha value is -3.50. The lowest BCUT2D eigenvalue weighted by Crippen LogP contribution is -2.48. The molecule has 1 aliphatic rings. The minimum Gasteiger partial charge on any atom is -0.353 e. The molecular weight excluding hydrogens is 450 g/mol. The van der Waals surface area contributed by atoms with Gasteiger partial charge in [-0.25, -0.2) is 9.37 Å². The summed E-state index contributed by atoms with van der Waals surface area (Å²) in [5, 5.41) is 0. The third kappa shape index (κ3) is 5.02. The molecule has 0 aliphatic carbocycles. The quantitative estimate of drug-likeness (QED) is 0.494. The van der Waals surface area contributed by atoms with Crippen LogP contribution in [-0.2, 0) is 6.18 Å². The Morgan fingerprint density at radius 3 is 2.26 bits per heavy atom. The van der Waals surface area contributed by atoms with Gasteiger partial charge in [-0.05, 0) is 38.1 Å². The van der Waals surface area contributed by atoms with E-state index in [1.54, 1.807) is 17.0 Å². The first kappa shape index (κ1) is 23.7. The van der Waals surface area contributed by atoms with Crippen molar-refractivity contribution < 1.29 is 17.6 Å². The van der Waals surface area contributed by atoms with Gasteiger partial charge in [0.05, 0.1) is 5.56 Å². The molecule has 0 N–H and O–H groups in total. The number of hydrogen-bond donors (Lipinski definition) is 0. The zero-order valence-electron chi connectivity index (χ0n) is 18.9. The Bertz CT molecular complexity index is 1130. The summed E-state index contributed by atoms with van der Waals surface area (Å²) >= 11 is 0. The number of pyridine rings is 1. The highest BCUT2D eigenvalue weighted by Gasteiger charge is 2.36. The summed E-state index contributed by atoms with van der Waals surface area (Å²) in [6.45, 7) is 6.77. The highest BCUT2D eigenvalue weighted by Crippen LogP contribution is 2.35. The summed E-state index contributed by atoms with van der Waals surface area (Å²) in [4.78, 5) is 23.2. The van der Waals surface area contributed by atoms with Crippen molar-refractivity contribution >= 4 is 17.7 Å². The SMILES string of the molecule is CCN(CC)c1nc(-c2cccc(F)c2)nc(N2CCN(c3ncccc3C(F)(F)F)CC2)n1. The molecule has 0 atom stereocenters. The van der Waals surface area contributed by atoms with Gasteiger partial charge < -0.3 is 14.7 Å². The van der Waals surface area contributed by atoms with Crippen molar-refractivity contribution in [3.8, 4) is 11.4 Å². The second-order valence-corrected chi connectivity index (χ2v) is 7.79. The second-order valence-electron chi connectivity index (χ2n) is 7.79. The van der Waals surface area contributed by atoms with E-state index in [9.17, 15) is 17.6 Å². The van der Waals surface area contributed by atoms with Gasteiger partial charge in [-0.15, -0.1) is 0 Å². The molecule has 0 amide bonds. The second kappa shape index (κ2) is 9.78. The van der Waals surface area contributed by atoms with Crippen molar-refractivity contribution in [1.82, 2.24) is 19.9 Å². The summed E-state index contributed by atoms with van der Waals surface area (Å²) in [5.74, 6) is 0.759. The molecule has 0 saturated carbocycles. The minimum atomic E-state index is -4.48. The van der Waals surface area contributed by atoms with Gasteiger partial charge in [-0.2, -0.15) is 28.1 Å². The molecule has 7 nitrogen and oxygen atoms in total. The molecule has 3 aromatic rings. The monoisotopic (exact) mass is 475 g/mol. The number of hydrogen-bond acceptors (Lipinski definition) is 7. The Morgan fingerprint density at radius 2 is 1.62 bits per heavy atom. The number of aromatic nitrogens is 4. The molecule has 1 saturated heterocycles. The van der Waals surface area contributed by atoms with Gasteiger partial charge in [-0.1, -0.05) is 12.1 Å². The van der Waals surface area contributed by atoms with Crippen LogP contribution in [-0.4, -0.2) is 59.2 Å². The summed E-state index contributed by atoms with van der Waals surface area (Å²) in [5.41, 5.74) is -0.222. The van der Waals surface area contributed by atoms with Crippen LogP contribution in [0, 0.1) is 5.82 Å². The lowest BCUT2D eigenvalue weighted by atomic mass is 10.2. The Kier molecular flexibility index (Phi) is 6.80. The fourth-order valence-corrected chi connectivity index (χ4v) is 3.89. The maximum Gasteiger partial charge on any atom is 0.419 e. The van der Waals surface area contributed by atoms with Crippen molar-refractivity contribution in [2.24, 2.45) is 0 Å². The van der Waals surface area contributed by atoms with Crippen LogP contribution in [0.2, 0.25) is 0 Å². The van der Waals surface area contributed by atoms with Crippen molar-refractivity contribution in [1.29, 1.82) is 0 Å². The van der Waals surface area contributed by atoms with Crippen LogP contribution in [0.4, 0.5) is 35.3 Å². The number of rotatable bonds is 6. The molecule has 1 aliphatic heterocycles. The molecule has 4 rings (SSSR count). The molecule has 0 radical (unpaired) electrons. The van der Waals surface area contributed by atoms with E-state index >= 15 is 0 Å². The molecule has 11 heteroatoms. The zero-order chi connectivity index (χ0) is 24.3. The van der Waals surface area contributed by atoms with E-state index < -0.39 is 17.6 Å². The maximum absolute atomic E-state index is 13.8. The average Bonchev–Trinajstić information content (AvgIpc) is 2.84. The van der Waals surface area contributed by atoms with Gasteiger partial charge in [0.25, 0.3) is 0 Å². The fourth-order valence-electron chi connectivity index (χ4n) is 3.89.